The smallest absolute Gasteiger partial charge is 0.306 e. The number of carboxylic acid groups (broad SMARTS) is 1. The first-order valence-corrected chi connectivity index (χ1v) is 5.05. The Morgan fingerprint density at radius 1 is 1.33 bits per heavy atom. The number of aliphatic hydroxyl groups excluding tert-OH is 1. The van der Waals surface area contributed by atoms with E-state index in [9.17, 15) is 4.79 Å². The minimum Gasteiger partial charge on any atom is -0.481 e. The van der Waals surface area contributed by atoms with Crippen molar-refractivity contribution in [3.63, 3.8) is 0 Å². The highest BCUT2D eigenvalue weighted by Crippen LogP contribution is 2.14. The van der Waals surface area contributed by atoms with E-state index in [1.54, 1.807) is 6.92 Å². The van der Waals surface area contributed by atoms with Crippen LogP contribution in [-0.4, -0.2) is 16.2 Å². The molecule has 0 heterocycles. The molecule has 0 aromatic heterocycles. The number of carboxylic acids is 1. The van der Waals surface area contributed by atoms with Gasteiger partial charge in [-0.15, -0.1) is 0 Å². The molecule has 0 bridgehead atoms. The molecule has 0 saturated heterocycles. The predicted molar refractivity (Wildman–Crippen MR) is 57.5 cm³/mol. The van der Waals surface area contributed by atoms with Crippen LogP contribution in [0.1, 0.15) is 24.5 Å². The predicted octanol–water partition coefficient (Wildman–Crippen LogP) is 1.83. The minimum absolute atomic E-state index is 0.0115. The van der Waals surface area contributed by atoms with Crippen LogP contribution in [-0.2, 0) is 17.8 Å². The third-order valence-corrected chi connectivity index (χ3v) is 2.56. The van der Waals surface area contributed by atoms with Crippen molar-refractivity contribution >= 4 is 5.97 Å². The van der Waals surface area contributed by atoms with Gasteiger partial charge >= 0.3 is 5.97 Å². The standard InChI is InChI=1S/C12H16O3/c1-9(12(14)15)6-7-10-4-2-3-5-11(10)8-13/h2-5,9,13H,6-8H2,1H3,(H,14,15). The average Bonchev–Trinajstić information content (AvgIpc) is 2.26. The summed E-state index contributed by atoms with van der Waals surface area (Å²) in [6, 6.07) is 7.57. The normalized spacial score (nSPS) is 12.4. The van der Waals surface area contributed by atoms with Crippen molar-refractivity contribution in [3.05, 3.63) is 35.4 Å². The Labute approximate surface area is 89.4 Å². The summed E-state index contributed by atoms with van der Waals surface area (Å²) in [5.41, 5.74) is 1.92. The van der Waals surface area contributed by atoms with Gasteiger partial charge in [-0.3, -0.25) is 4.79 Å². The van der Waals surface area contributed by atoms with E-state index in [0.29, 0.717) is 12.8 Å². The topological polar surface area (TPSA) is 57.5 Å². The maximum absolute atomic E-state index is 10.6. The van der Waals surface area contributed by atoms with E-state index in [1.807, 2.05) is 24.3 Å². The van der Waals surface area contributed by atoms with E-state index in [-0.39, 0.29) is 12.5 Å². The van der Waals surface area contributed by atoms with Crippen molar-refractivity contribution < 1.29 is 15.0 Å². The molecule has 0 aliphatic rings. The number of rotatable bonds is 5. The van der Waals surface area contributed by atoms with Crippen LogP contribution < -0.4 is 0 Å². The molecule has 0 aliphatic heterocycles. The van der Waals surface area contributed by atoms with Gasteiger partial charge < -0.3 is 10.2 Å². The largest absolute Gasteiger partial charge is 0.481 e. The van der Waals surface area contributed by atoms with Crippen LogP contribution in [0, 0.1) is 5.92 Å². The molecule has 1 aromatic rings. The van der Waals surface area contributed by atoms with E-state index in [0.717, 1.165) is 11.1 Å². The highest BCUT2D eigenvalue weighted by atomic mass is 16.4. The first-order valence-electron chi connectivity index (χ1n) is 5.05. The van der Waals surface area contributed by atoms with Gasteiger partial charge in [0, 0.05) is 0 Å². The first kappa shape index (κ1) is 11.7. The second-order valence-corrected chi connectivity index (χ2v) is 3.70. The maximum atomic E-state index is 10.6. The van der Waals surface area contributed by atoms with Crippen LogP contribution in [0.4, 0.5) is 0 Å². The summed E-state index contributed by atoms with van der Waals surface area (Å²) < 4.78 is 0. The zero-order chi connectivity index (χ0) is 11.3. The Hall–Kier alpha value is -1.35. The second-order valence-electron chi connectivity index (χ2n) is 3.70. The summed E-state index contributed by atoms with van der Waals surface area (Å²) in [6.45, 7) is 1.71. The summed E-state index contributed by atoms with van der Waals surface area (Å²) in [5.74, 6) is -1.10. The minimum atomic E-state index is -0.767. The van der Waals surface area contributed by atoms with Gasteiger partial charge in [-0.25, -0.2) is 0 Å². The summed E-state index contributed by atoms with van der Waals surface area (Å²) in [6.07, 6.45) is 1.30. The molecule has 15 heavy (non-hydrogen) atoms. The molecule has 1 aromatic carbocycles. The number of benzene rings is 1. The molecule has 0 spiro atoms. The molecule has 1 rings (SSSR count). The fraction of sp³-hybridized carbons (Fsp3) is 0.417. The summed E-state index contributed by atoms with van der Waals surface area (Å²) >= 11 is 0. The number of aliphatic carboxylic acids is 1. The maximum Gasteiger partial charge on any atom is 0.306 e. The molecular formula is C12H16O3. The molecule has 0 radical (unpaired) electrons. The van der Waals surface area contributed by atoms with E-state index in [4.69, 9.17) is 10.2 Å². The van der Waals surface area contributed by atoms with Crippen LogP contribution in [0.3, 0.4) is 0 Å². The fourth-order valence-electron chi connectivity index (χ4n) is 1.45. The zero-order valence-electron chi connectivity index (χ0n) is 8.81. The van der Waals surface area contributed by atoms with Gasteiger partial charge in [0.15, 0.2) is 0 Å². The van der Waals surface area contributed by atoms with Gasteiger partial charge in [0.2, 0.25) is 0 Å². The number of carbonyl (C=O) groups is 1. The Balaban J connectivity index is 2.60. The van der Waals surface area contributed by atoms with E-state index < -0.39 is 5.97 Å². The lowest BCUT2D eigenvalue weighted by Crippen LogP contribution is -2.10. The van der Waals surface area contributed by atoms with Gasteiger partial charge in [-0.2, -0.15) is 0 Å². The first-order chi connectivity index (χ1) is 7.15. The van der Waals surface area contributed by atoms with Gasteiger partial charge in [0.1, 0.15) is 0 Å². The Kier molecular flexibility index (Phi) is 4.31. The summed E-state index contributed by atoms with van der Waals surface area (Å²) in [4.78, 5) is 10.6. The van der Waals surface area contributed by atoms with Crippen LogP contribution >= 0.6 is 0 Å². The molecule has 82 valence electrons. The van der Waals surface area contributed by atoms with Crippen molar-refractivity contribution in [2.24, 2.45) is 5.92 Å². The van der Waals surface area contributed by atoms with E-state index >= 15 is 0 Å². The van der Waals surface area contributed by atoms with Crippen molar-refractivity contribution in [2.75, 3.05) is 0 Å². The van der Waals surface area contributed by atoms with E-state index in [1.165, 1.54) is 0 Å². The van der Waals surface area contributed by atoms with Gasteiger partial charge in [0.25, 0.3) is 0 Å². The Morgan fingerprint density at radius 2 is 1.93 bits per heavy atom. The molecule has 1 unspecified atom stereocenters. The van der Waals surface area contributed by atoms with Gasteiger partial charge in [-0.05, 0) is 24.0 Å². The van der Waals surface area contributed by atoms with Crippen molar-refractivity contribution in [3.8, 4) is 0 Å². The molecule has 0 fully saturated rings. The lowest BCUT2D eigenvalue weighted by Gasteiger charge is -2.09. The molecule has 1 atom stereocenters. The lowest BCUT2D eigenvalue weighted by atomic mass is 9.98. The van der Waals surface area contributed by atoms with Crippen LogP contribution in [0.25, 0.3) is 0 Å². The number of aryl methyl sites for hydroxylation is 1. The average molecular weight is 208 g/mol. The lowest BCUT2D eigenvalue weighted by molar-refractivity contribution is -0.141. The molecule has 0 amide bonds. The second kappa shape index (κ2) is 5.51. The Morgan fingerprint density at radius 3 is 2.47 bits per heavy atom. The molecule has 3 heteroatoms. The van der Waals surface area contributed by atoms with E-state index in [2.05, 4.69) is 0 Å². The van der Waals surface area contributed by atoms with Crippen molar-refractivity contribution in [1.82, 2.24) is 0 Å². The molecule has 2 N–H and O–H groups in total. The molecule has 3 nitrogen and oxygen atoms in total. The monoisotopic (exact) mass is 208 g/mol. The Bertz CT molecular complexity index is 333. The number of hydrogen-bond acceptors (Lipinski definition) is 2. The van der Waals surface area contributed by atoms with Gasteiger partial charge in [0.05, 0.1) is 12.5 Å². The van der Waals surface area contributed by atoms with Crippen molar-refractivity contribution in [2.45, 2.75) is 26.4 Å². The summed E-state index contributed by atoms with van der Waals surface area (Å²) in [7, 11) is 0. The van der Waals surface area contributed by atoms with Crippen LogP contribution in [0.2, 0.25) is 0 Å². The van der Waals surface area contributed by atoms with Crippen LogP contribution in [0.5, 0.6) is 0 Å². The third-order valence-electron chi connectivity index (χ3n) is 2.56. The van der Waals surface area contributed by atoms with Crippen molar-refractivity contribution in [1.29, 1.82) is 0 Å². The van der Waals surface area contributed by atoms with Gasteiger partial charge in [-0.1, -0.05) is 31.2 Å². The van der Waals surface area contributed by atoms with Crippen LogP contribution in [0.15, 0.2) is 24.3 Å². The number of aliphatic hydroxyl groups is 1. The number of hydrogen-bond donors (Lipinski definition) is 2. The molecule has 0 saturated carbocycles. The SMILES string of the molecule is CC(CCc1ccccc1CO)C(=O)O. The highest BCUT2D eigenvalue weighted by molar-refractivity contribution is 5.69. The quantitative estimate of drug-likeness (QED) is 0.776. The summed E-state index contributed by atoms with van der Waals surface area (Å²) in [5, 5.41) is 17.8. The highest BCUT2D eigenvalue weighted by Gasteiger charge is 2.11. The molecule has 0 aliphatic carbocycles. The third kappa shape index (κ3) is 3.36. The fourth-order valence-corrected chi connectivity index (χ4v) is 1.45. The molecular weight excluding hydrogens is 192 g/mol. The zero-order valence-corrected chi connectivity index (χ0v) is 8.81.